The van der Waals surface area contributed by atoms with Crippen molar-refractivity contribution in [1.29, 1.82) is 0 Å². The van der Waals surface area contributed by atoms with Crippen molar-refractivity contribution in [3.05, 3.63) is 98.8 Å². The number of nitrogens with zero attached hydrogens (tertiary/aromatic N) is 2. The maximum absolute atomic E-state index is 13.3. The Morgan fingerprint density at radius 2 is 1.50 bits per heavy atom. The van der Waals surface area contributed by atoms with Crippen LogP contribution in [0.4, 0.5) is 13.2 Å². The first kappa shape index (κ1) is 26.0. The fraction of sp³-hybridized carbons (Fsp3) is 0.308. The van der Waals surface area contributed by atoms with Crippen LogP contribution in [0.25, 0.3) is 0 Å². The van der Waals surface area contributed by atoms with Gasteiger partial charge in [0.25, 0.3) is 5.91 Å². The Hall–Kier alpha value is -2.57. The van der Waals surface area contributed by atoms with Gasteiger partial charge in [0, 0.05) is 18.7 Å². The predicted molar refractivity (Wildman–Crippen MR) is 129 cm³/mol. The highest BCUT2D eigenvalue weighted by atomic mass is 35.5. The van der Waals surface area contributed by atoms with Crippen LogP contribution < -0.4 is 0 Å². The van der Waals surface area contributed by atoms with E-state index in [1.165, 1.54) is 18.2 Å². The zero-order chi connectivity index (χ0) is 25.1. The molecule has 180 valence electrons. The van der Waals surface area contributed by atoms with Crippen LogP contribution in [-0.4, -0.2) is 22.3 Å². The molecule has 0 unspecified atom stereocenters. The average Bonchev–Trinajstić information content (AvgIpc) is 2.75. The summed E-state index contributed by atoms with van der Waals surface area (Å²) in [6.45, 7) is 6.83. The van der Waals surface area contributed by atoms with Gasteiger partial charge in [-0.15, -0.1) is 0 Å². The normalized spacial score (nSPS) is 12.0. The Bertz CT molecular complexity index is 1140. The van der Waals surface area contributed by atoms with Gasteiger partial charge < -0.3 is 4.90 Å². The smallest absolute Gasteiger partial charge is 0.334 e. The second-order valence-corrected chi connectivity index (χ2v) is 9.90. The van der Waals surface area contributed by atoms with Crippen LogP contribution in [0.3, 0.4) is 0 Å². The van der Waals surface area contributed by atoms with E-state index in [9.17, 15) is 18.0 Å². The SMILES string of the molecule is CC(C)(C)c1ccc(CN(CCc2cccc(C(F)(F)F)c2)C(=O)c2cc(Cl)nc(Cl)c2)cc1. The van der Waals surface area contributed by atoms with Gasteiger partial charge in [0.1, 0.15) is 10.3 Å². The van der Waals surface area contributed by atoms with Gasteiger partial charge in [0.15, 0.2) is 0 Å². The lowest BCUT2D eigenvalue weighted by Crippen LogP contribution is -2.32. The van der Waals surface area contributed by atoms with Crippen LogP contribution >= 0.6 is 23.2 Å². The molecule has 0 bridgehead atoms. The largest absolute Gasteiger partial charge is 0.416 e. The fourth-order valence-corrected chi connectivity index (χ4v) is 3.98. The Morgan fingerprint density at radius 1 is 0.882 bits per heavy atom. The second kappa shape index (κ2) is 10.4. The van der Waals surface area contributed by atoms with Crippen molar-refractivity contribution in [3.63, 3.8) is 0 Å². The number of benzene rings is 2. The number of pyridine rings is 1. The third kappa shape index (κ3) is 6.97. The Labute approximate surface area is 207 Å². The van der Waals surface area contributed by atoms with Crippen molar-refractivity contribution in [1.82, 2.24) is 9.88 Å². The molecule has 3 aromatic rings. The summed E-state index contributed by atoms with van der Waals surface area (Å²) in [5.41, 5.74) is 2.08. The molecule has 1 amide bonds. The van der Waals surface area contributed by atoms with Gasteiger partial charge in [-0.2, -0.15) is 13.2 Å². The van der Waals surface area contributed by atoms with E-state index in [1.54, 1.807) is 11.0 Å². The van der Waals surface area contributed by atoms with Gasteiger partial charge in [-0.05, 0) is 46.7 Å². The fourth-order valence-electron chi connectivity index (χ4n) is 3.52. The molecule has 0 spiro atoms. The standard InChI is InChI=1S/C26H25Cl2F3N2O/c1-25(2,3)20-9-7-18(8-10-20)16-33(24(34)19-14-22(27)32-23(28)15-19)12-11-17-5-4-6-21(13-17)26(29,30)31/h4-10,13-15H,11-12,16H2,1-3H3. The molecule has 0 saturated carbocycles. The molecule has 3 nitrogen and oxygen atoms in total. The Kier molecular flexibility index (Phi) is 7.94. The number of amides is 1. The summed E-state index contributed by atoms with van der Waals surface area (Å²) in [4.78, 5) is 18.8. The van der Waals surface area contributed by atoms with Crippen LogP contribution in [-0.2, 0) is 24.6 Å². The number of halogens is 5. The number of carbonyl (C=O) groups excluding carboxylic acids is 1. The number of carbonyl (C=O) groups is 1. The van der Waals surface area contributed by atoms with E-state index in [0.717, 1.165) is 23.3 Å². The third-order valence-corrected chi connectivity index (χ3v) is 5.80. The minimum Gasteiger partial charge on any atom is -0.334 e. The lowest BCUT2D eigenvalue weighted by Gasteiger charge is -2.24. The molecule has 0 aliphatic rings. The van der Waals surface area contributed by atoms with Gasteiger partial charge in [-0.1, -0.05) is 86.4 Å². The Morgan fingerprint density at radius 3 is 2.06 bits per heavy atom. The number of hydrogen-bond acceptors (Lipinski definition) is 2. The van der Waals surface area contributed by atoms with Crippen molar-refractivity contribution in [2.75, 3.05) is 6.54 Å². The summed E-state index contributed by atoms with van der Waals surface area (Å²) in [7, 11) is 0. The lowest BCUT2D eigenvalue weighted by molar-refractivity contribution is -0.137. The highest BCUT2D eigenvalue weighted by Gasteiger charge is 2.30. The van der Waals surface area contributed by atoms with Crippen LogP contribution in [0.5, 0.6) is 0 Å². The van der Waals surface area contributed by atoms with Crippen molar-refractivity contribution in [2.45, 2.75) is 45.3 Å². The number of alkyl halides is 3. The van der Waals surface area contributed by atoms with Crippen molar-refractivity contribution in [2.24, 2.45) is 0 Å². The monoisotopic (exact) mass is 508 g/mol. The third-order valence-electron chi connectivity index (χ3n) is 5.42. The van der Waals surface area contributed by atoms with Gasteiger partial charge in [0.05, 0.1) is 5.56 Å². The maximum Gasteiger partial charge on any atom is 0.416 e. The molecule has 0 aliphatic heterocycles. The van der Waals surface area contributed by atoms with Crippen molar-refractivity contribution >= 4 is 29.1 Å². The van der Waals surface area contributed by atoms with E-state index in [1.807, 2.05) is 24.3 Å². The van der Waals surface area contributed by atoms with Gasteiger partial charge >= 0.3 is 6.18 Å². The molecule has 8 heteroatoms. The lowest BCUT2D eigenvalue weighted by atomic mass is 9.87. The van der Waals surface area contributed by atoms with E-state index in [4.69, 9.17) is 23.2 Å². The van der Waals surface area contributed by atoms with Crippen LogP contribution in [0, 0.1) is 0 Å². The highest BCUT2D eigenvalue weighted by molar-refractivity contribution is 6.33. The van der Waals surface area contributed by atoms with Crippen LogP contribution in [0.15, 0.2) is 60.7 Å². The van der Waals surface area contributed by atoms with E-state index < -0.39 is 11.7 Å². The summed E-state index contributed by atoms with van der Waals surface area (Å²) in [5.74, 6) is -0.335. The van der Waals surface area contributed by atoms with E-state index >= 15 is 0 Å². The molecule has 0 fully saturated rings. The molecule has 3 rings (SSSR count). The number of aromatic nitrogens is 1. The van der Waals surface area contributed by atoms with Gasteiger partial charge in [0.2, 0.25) is 0 Å². The summed E-state index contributed by atoms with van der Waals surface area (Å²) in [5, 5.41) is 0.173. The average molecular weight is 509 g/mol. The number of hydrogen-bond donors (Lipinski definition) is 0. The van der Waals surface area contributed by atoms with Gasteiger partial charge in [-0.25, -0.2) is 4.98 Å². The molecule has 0 radical (unpaired) electrons. The molecular weight excluding hydrogens is 484 g/mol. The summed E-state index contributed by atoms with van der Waals surface area (Å²) >= 11 is 12.0. The quantitative estimate of drug-likeness (QED) is 0.321. The van der Waals surface area contributed by atoms with Crippen molar-refractivity contribution < 1.29 is 18.0 Å². The molecule has 1 aromatic heterocycles. The van der Waals surface area contributed by atoms with E-state index in [2.05, 4.69) is 25.8 Å². The minimum absolute atomic E-state index is 0.0118. The first-order chi connectivity index (χ1) is 15.8. The molecule has 0 atom stereocenters. The molecule has 2 aromatic carbocycles. The molecule has 0 N–H and O–H groups in total. The molecule has 0 saturated heterocycles. The van der Waals surface area contributed by atoms with Crippen LogP contribution in [0.2, 0.25) is 10.3 Å². The Balaban J connectivity index is 1.86. The molecule has 0 aliphatic carbocycles. The zero-order valence-corrected chi connectivity index (χ0v) is 20.6. The summed E-state index contributed by atoms with van der Waals surface area (Å²) in [6, 6.07) is 15.9. The topological polar surface area (TPSA) is 33.2 Å². The highest BCUT2D eigenvalue weighted by Crippen LogP contribution is 2.30. The summed E-state index contributed by atoms with van der Waals surface area (Å²) < 4.78 is 39.3. The molecular formula is C26H25Cl2F3N2O. The minimum atomic E-state index is -4.43. The molecule has 34 heavy (non-hydrogen) atoms. The number of rotatable bonds is 6. The predicted octanol–water partition coefficient (Wildman–Crippen LogP) is 7.59. The first-order valence-corrected chi connectivity index (χ1v) is 11.5. The van der Waals surface area contributed by atoms with Crippen LogP contribution in [0.1, 0.15) is 53.4 Å². The zero-order valence-electron chi connectivity index (χ0n) is 19.1. The second-order valence-electron chi connectivity index (χ2n) is 9.12. The maximum atomic E-state index is 13.3. The summed E-state index contributed by atoms with van der Waals surface area (Å²) in [6.07, 6.45) is -4.17. The van der Waals surface area contributed by atoms with E-state index in [0.29, 0.717) is 5.56 Å². The van der Waals surface area contributed by atoms with Crippen molar-refractivity contribution in [3.8, 4) is 0 Å². The first-order valence-electron chi connectivity index (χ1n) is 10.7. The molecule has 1 heterocycles. The van der Waals surface area contributed by atoms with Gasteiger partial charge in [-0.3, -0.25) is 4.79 Å². The van der Waals surface area contributed by atoms with E-state index in [-0.39, 0.29) is 46.7 Å².